The third-order valence-corrected chi connectivity index (χ3v) is 3.81. The predicted octanol–water partition coefficient (Wildman–Crippen LogP) is 4.59. The molecule has 0 saturated heterocycles. The predicted molar refractivity (Wildman–Crippen MR) is 72.4 cm³/mol. The van der Waals surface area contributed by atoms with E-state index in [9.17, 15) is 0 Å². The van der Waals surface area contributed by atoms with E-state index in [1.54, 1.807) is 0 Å². The summed E-state index contributed by atoms with van der Waals surface area (Å²) in [6, 6.07) is 18.7. The van der Waals surface area contributed by atoms with Crippen molar-refractivity contribution in [2.75, 3.05) is 0 Å². The number of rotatable bonds is 2. The molecule has 0 bridgehead atoms. The highest BCUT2D eigenvalue weighted by Gasteiger charge is 2.49. The second-order valence-corrected chi connectivity index (χ2v) is 5.00. The molecule has 0 radical (unpaired) electrons. The van der Waals surface area contributed by atoms with E-state index in [1.165, 1.54) is 16.7 Å². The van der Waals surface area contributed by atoms with Gasteiger partial charge in [0.1, 0.15) is 0 Å². The lowest BCUT2D eigenvalue weighted by Crippen LogP contribution is -2.08. The van der Waals surface area contributed by atoms with Gasteiger partial charge in [-0.25, -0.2) is 0 Å². The molecular formula is C16H13Cl. The normalized spacial score (nSPS) is 22.5. The highest BCUT2D eigenvalue weighted by Crippen LogP contribution is 2.57. The van der Waals surface area contributed by atoms with Gasteiger partial charge in [-0.2, -0.15) is 0 Å². The molecule has 0 amide bonds. The van der Waals surface area contributed by atoms with Crippen LogP contribution in [0.15, 0.2) is 66.7 Å². The van der Waals surface area contributed by atoms with Crippen molar-refractivity contribution in [1.29, 1.82) is 0 Å². The van der Waals surface area contributed by atoms with Crippen molar-refractivity contribution >= 4 is 11.6 Å². The van der Waals surface area contributed by atoms with Gasteiger partial charge in [0.2, 0.25) is 0 Å². The first-order valence-corrected chi connectivity index (χ1v) is 6.11. The van der Waals surface area contributed by atoms with Crippen molar-refractivity contribution in [3.63, 3.8) is 0 Å². The molecule has 1 atom stereocenters. The summed E-state index contributed by atoms with van der Waals surface area (Å²) in [5.41, 5.74) is 3.93. The van der Waals surface area contributed by atoms with E-state index in [0.29, 0.717) is 0 Å². The van der Waals surface area contributed by atoms with Crippen molar-refractivity contribution < 1.29 is 0 Å². The number of allylic oxidation sites excluding steroid dienone is 1. The average molecular weight is 241 g/mol. The Hall–Kier alpha value is -1.53. The fourth-order valence-corrected chi connectivity index (χ4v) is 2.64. The van der Waals surface area contributed by atoms with Crippen LogP contribution >= 0.6 is 11.6 Å². The molecule has 0 aliphatic heterocycles. The smallest absolute Gasteiger partial charge is 0.0446 e. The molecule has 0 N–H and O–H groups in total. The zero-order valence-electron chi connectivity index (χ0n) is 9.49. The fourth-order valence-electron chi connectivity index (χ4n) is 2.51. The van der Waals surface area contributed by atoms with Crippen molar-refractivity contribution in [3.05, 3.63) is 82.9 Å². The Morgan fingerprint density at radius 2 is 1.41 bits per heavy atom. The van der Waals surface area contributed by atoms with E-state index in [-0.39, 0.29) is 5.41 Å². The first-order chi connectivity index (χ1) is 8.23. The van der Waals surface area contributed by atoms with Gasteiger partial charge in [0, 0.05) is 10.4 Å². The quantitative estimate of drug-likeness (QED) is 0.674. The maximum Gasteiger partial charge on any atom is 0.0446 e. The molecule has 84 valence electrons. The summed E-state index contributed by atoms with van der Waals surface area (Å²) in [5, 5.41) is 0.781. The number of hydrogen-bond donors (Lipinski definition) is 0. The first kappa shape index (κ1) is 10.6. The minimum absolute atomic E-state index is 0.0336. The lowest BCUT2D eigenvalue weighted by molar-refractivity contribution is 0.881. The van der Waals surface area contributed by atoms with Crippen LogP contribution in [-0.2, 0) is 5.41 Å². The Labute approximate surface area is 107 Å². The highest BCUT2D eigenvalue weighted by molar-refractivity contribution is 6.30. The van der Waals surface area contributed by atoms with Crippen LogP contribution in [0.3, 0.4) is 0 Å². The summed E-state index contributed by atoms with van der Waals surface area (Å²) >= 11 is 5.94. The molecule has 2 aromatic carbocycles. The Morgan fingerprint density at radius 3 is 1.94 bits per heavy atom. The van der Waals surface area contributed by atoms with Crippen LogP contribution in [0.1, 0.15) is 17.5 Å². The van der Waals surface area contributed by atoms with Gasteiger partial charge in [0.25, 0.3) is 0 Å². The van der Waals surface area contributed by atoms with Crippen molar-refractivity contribution in [3.8, 4) is 0 Å². The monoisotopic (exact) mass is 240 g/mol. The molecule has 1 aliphatic carbocycles. The maximum absolute atomic E-state index is 5.94. The summed E-state index contributed by atoms with van der Waals surface area (Å²) in [6.07, 6.45) is 1.04. The SMILES string of the molecule is C=C1CC1(c1ccccc1)c1ccc(Cl)cc1. The topological polar surface area (TPSA) is 0 Å². The van der Waals surface area contributed by atoms with Gasteiger partial charge in [0.15, 0.2) is 0 Å². The minimum atomic E-state index is 0.0336. The summed E-state index contributed by atoms with van der Waals surface area (Å²) in [4.78, 5) is 0. The van der Waals surface area contributed by atoms with Gasteiger partial charge in [-0.3, -0.25) is 0 Å². The van der Waals surface area contributed by atoms with E-state index in [1.807, 2.05) is 18.2 Å². The van der Waals surface area contributed by atoms with E-state index in [0.717, 1.165) is 11.4 Å². The number of hydrogen-bond acceptors (Lipinski definition) is 0. The molecule has 1 aliphatic rings. The Balaban J connectivity index is 2.11. The lowest BCUT2D eigenvalue weighted by atomic mass is 9.87. The molecule has 3 rings (SSSR count). The van der Waals surface area contributed by atoms with E-state index in [2.05, 4.69) is 43.0 Å². The van der Waals surface area contributed by atoms with Crippen LogP contribution < -0.4 is 0 Å². The molecule has 1 unspecified atom stereocenters. The largest absolute Gasteiger partial charge is 0.0986 e. The summed E-state index contributed by atoms with van der Waals surface area (Å²) in [6.45, 7) is 4.16. The first-order valence-electron chi connectivity index (χ1n) is 5.73. The van der Waals surface area contributed by atoms with Crippen molar-refractivity contribution in [2.45, 2.75) is 11.8 Å². The van der Waals surface area contributed by atoms with Crippen LogP contribution in [-0.4, -0.2) is 0 Å². The number of halogens is 1. The molecule has 1 fully saturated rings. The highest BCUT2D eigenvalue weighted by atomic mass is 35.5. The Kier molecular flexibility index (Phi) is 2.34. The molecule has 17 heavy (non-hydrogen) atoms. The Bertz CT molecular complexity index is 554. The van der Waals surface area contributed by atoms with E-state index >= 15 is 0 Å². The molecule has 0 spiro atoms. The molecule has 0 nitrogen and oxygen atoms in total. The van der Waals surface area contributed by atoms with Crippen molar-refractivity contribution in [2.24, 2.45) is 0 Å². The van der Waals surface area contributed by atoms with E-state index < -0.39 is 0 Å². The van der Waals surface area contributed by atoms with Crippen molar-refractivity contribution in [1.82, 2.24) is 0 Å². The third kappa shape index (κ3) is 1.60. The van der Waals surface area contributed by atoms with Crippen LogP contribution in [0.25, 0.3) is 0 Å². The average Bonchev–Trinajstić information content (AvgIpc) is 3.04. The van der Waals surface area contributed by atoms with Gasteiger partial charge in [-0.15, -0.1) is 0 Å². The Morgan fingerprint density at radius 1 is 0.882 bits per heavy atom. The standard InChI is InChI=1S/C16H13Cl/c1-12-11-16(12,13-5-3-2-4-6-13)14-7-9-15(17)10-8-14/h2-10H,1,11H2. The van der Waals surface area contributed by atoms with E-state index in [4.69, 9.17) is 11.6 Å². The minimum Gasteiger partial charge on any atom is -0.0986 e. The second kappa shape index (κ2) is 3.75. The maximum atomic E-state index is 5.94. The van der Waals surface area contributed by atoms with Gasteiger partial charge in [-0.1, -0.05) is 66.2 Å². The number of benzene rings is 2. The summed E-state index contributed by atoms with van der Waals surface area (Å²) in [5.74, 6) is 0. The van der Waals surface area contributed by atoms with Gasteiger partial charge < -0.3 is 0 Å². The fraction of sp³-hybridized carbons (Fsp3) is 0.125. The zero-order valence-corrected chi connectivity index (χ0v) is 10.2. The van der Waals surface area contributed by atoms with Gasteiger partial charge in [0.05, 0.1) is 0 Å². The van der Waals surface area contributed by atoms with Gasteiger partial charge >= 0.3 is 0 Å². The lowest BCUT2D eigenvalue weighted by Gasteiger charge is -2.16. The van der Waals surface area contributed by atoms with Crippen LogP contribution in [0, 0.1) is 0 Å². The molecule has 2 aromatic rings. The third-order valence-electron chi connectivity index (χ3n) is 3.56. The zero-order chi connectivity index (χ0) is 11.9. The molecule has 0 heterocycles. The van der Waals surface area contributed by atoms with Crippen LogP contribution in [0.2, 0.25) is 5.02 Å². The molecule has 1 saturated carbocycles. The molecule has 1 heteroatoms. The van der Waals surface area contributed by atoms with Gasteiger partial charge in [-0.05, 0) is 29.7 Å². The van der Waals surface area contributed by atoms with Crippen LogP contribution in [0.4, 0.5) is 0 Å². The van der Waals surface area contributed by atoms with Crippen LogP contribution in [0.5, 0.6) is 0 Å². The summed E-state index contributed by atoms with van der Waals surface area (Å²) in [7, 11) is 0. The summed E-state index contributed by atoms with van der Waals surface area (Å²) < 4.78 is 0. The molecule has 0 aromatic heterocycles. The molecular weight excluding hydrogens is 228 g/mol. The second-order valence-electron chi connectivity index (χ2n) is 4.56.